The van der Waals surface area contributed by atoms with Crippen molar-refractivity contribution in [2.75, 3.05) is 0 Å². The first-order valence-corrected chi connectivity index (χ1v) is 5.39. The summed E-state index contributed by atoms with van der Waals surface area (Å²) in [6, 6.07) is 3.48. The van der Waals surface area contributed by atoms with Crippen LogP contribution in [0.2, 0.25) is 10.3 Å². The molecule has 0 amide bonds. The first-order valence-electron chi connectivity index (χ1n) is 4.63. The summed E-state index contributed by atoms with van der Waals surface area (Å²) in [5.41, 5.74) is 6.90. The van der Waals surface area contributed by atoms with E-state index in [1.165, 1.54) is 0 Å². The molecule has 0 aliphatic carbocycles. The van der Waals surface area contributed by atoms with Gasteiger partial charge in [-0.25, -0.2) is 4.98 Å². The van der Waals surface area contributed by atoms with Gasteiger partial charge < -0.3 is 5.73 Å². The molecule has 0 spiro atoms. The molecule has 78 valence electrons. The van der Waals surface area contributed by atoms with Gasteiger partial charge in [0.2, 0.25) is 0 Å². The minimum absolute atomic E-state index is 0.0720. The monoisotopic (exact) mass is 232 g/mol. The minimum atomic E-state index is -0.0720. The van der Waals surface area contributed by atoms with Gasteiger partial charge in [0.15, 0.2) is 0 Å². The van der Waals surface area contributed by atoms with E-state index in [-0.39, 0.29) is 6.04 Å². The molecule has 0 fully saturated rings. The van der Waals surface area contributed by atoms with Gasteiger partial charge in [-0.3, -0.25) is 0 Å². The Labute approximate surface area is 94.4 Å². The molecular formula is C10H14Cl2N2. The lowest BCUT2D eigenvalue weighted by Crippen LogP contribution is -2.19. The number of pyridine rings is 1. The fourth-order valence-electron chi connectivity index (χ4n) is 1.23. The predicted octanol–water partition coefficient (Wildman–Crippen LogP) is 3.43. The zero-order chi connectivity index (χ0) is 10.7. The summed E-state index contributed by atoms with van der Waals surface area (Å²) in [6.07, 6.45) is 1.01. The lowest BCUT2D eigenvalue weighted by atomic mass is 9.94. The van der Waals surface area contributed by atoms with Crippen LogP contribution in [0.25, 0.3) is 0 Å². The Hall–Kier alpha value is -0.310. The van der Waals surface area contributed by atoms with Crippen LogP contribution >= 0.6 is 23.2 Å². The van der Waals surface area contributed by atoms with E-state index < -0.39 is 0 Å². The normalized spacial score (nSPS) is 15.2. The van der Waals surface area contributed by atoms with Gasteiger partial charge in [0.25, 0.3) is 0 Å². The first kappa shape index (κ1) is 11.8. The molecule has 1 unspecified atom stereocenters. The van der Waals surface area contributed by atoms with E-state index >= 15 is 0 Å². The van der Waals surface area contributed by atoms with Crippen LogP contribution in [0.3, 0.4) is 0 Å². The van der Waals surface area contributed by atoms with Crippen LogP contribution in [0, 0.1) is 5.92 Å². The molecular weight excluding hydrogens is 219 g/mol. The van der Waals surface area contributed by atoms with Crippen LogP contribution in [-0.4, -0.2) is 4.98 Å². The third kappa shape index (κ3) is 2.59. The number of rotatable bonds is 3. The molecule has 1 aromatic rings. The number of halogens is 2. The molecule has 0 aromatic carbocycles. The second-order valence-electron chi connectivity index (χ2n) is 3.43. The molecule has 0 radical (unpaired) electrons. The van der Waals surface area contributed by atoms with Crippen LogP contribution in [0.4, 0.5) is 0 Å². The van der Waals surface area contributed by atoms with E-state index in [0.717, 1.165) is 12.0 Å². The van der Waals surface area contributed by atoms with E-state index in [0.29, 0.717) is 16.2 Å². The standard InChI is InChI=1S/C10H14Cl2N2/c1-3-6(2)9(13)7-4-5-8(11)14-10(7)12/h4-6,9H,3,13H2,1-2H3/t6?,9-/m1/s1. The molecule has 0 bridgehead atoms. The Morgan fingerprint density at radius 3 is 2.57 bits per heavy atom. The van der Waals surface area contributed by atoms with E-state index in [4.69, 9.17) is 28.9 Å². The average Bonchev–Trinajstić information content (AvgIpc) is 2.15. The lowest BCUT2D eigenvalue weighted by molar-refractivity contribution is 0.456. The van der Waals surface area contributed by atoms with Gasteiger partial charge in [0.05, 0.1) is 0 Å². The number of aromatic nitrogens is 1. The number of nitrogens with zero attached hydrogens (tertiary/aromatic N) is 1. The topological polar surface area (TPSA) is 38.9 Å². The number of hydrogen-bond donors (Lipinski definition) is 1. The number of hydrogen-bond acceptors (Lipinski definition) is 2. The molecule has 2 nitrogen and oxygen atoms in total. The lowest BCUT2D eigenvalue weighted by Gasteiger charge is -2.19. The molecule has 0 saturated heterocycles. The Morgan fingerprint density at radius 1 is 1.43 bits per heavy atom. The smallest absolute Gasteiger partial charge is 0.135 e. The Morgan fingerprint density at radius 2 is 2.07 bits per heavy atom. The molecule has 14 heavy (non-hydrogen) atoms. The maximum atomic E-state index is 6.03. The number of nitrogens with two attached hydrogens (primary N) is 1. The molecule has 1 aromatic heterocycles. The summed E-state index contributed by atoms with van der Waals surface area (Å²) in [4.78, 5) is 3.96. The summed E-state index contributed by atoms with van der Waals surface area (Å²) in [7, 11) is 0. The highest BCUT2D eigenvalue weighted by molar-refractivity contribution is 6.32. The second kappa shape index (κ2) is 4.96. The van der Waals surface area contributed by atoms with Gasteiger partial charge in [-0.1, -0.05) is 49.5 Å². The predicted molar refractivity (Wildman–Crippen MR) is 60.6 cm³/mol. The fraction of sp³-hybridized carbons (Fsp3) is 0.500. The second-order valence-corrected chi connectivity index (χ2v) is 4.17. The average molecular weight is 233 g/mol. The van der Waals surface area contributed by atoms with Gasteiger partial charge >= 0.3 is 0 Å². The van der Waals surface area contributed by atoms with Gasteiger partial charge in [-0.2, -0.15) is 0 Å². The summed E-state index contributed by atoms with van der Waals surface area (Å²) in [5, 5.41) is 0.806. The molecule has 1 rings (SSSR count). The zero-order valence-electron chi connectivity index (χ0n) is 8.30. The van der Waals surface area contributed by atoms with Crippen molar-refractivity contribution in [3.8, 4) is 0 Å². The fourth-order valence-corrected chi connectivity index (χ4v) is 1.70. The van der Waals surface area contributed by atoms with Crippen molar-refractivity contribution < 1.29 is 0 Å². The van der Waals surface area contributed by atoms with Crippen molar-refractivity contribution in [3.63, 3.8) is 0 Å². The Balaban J connectivity index is 2.95. The van der Waals surface area contributed by atoms with Crippen molar-refractivity contribution in [1.82, 2.24) is 4.98 Å². The molecule has 4 heteroatoms. The van der Waals surface area contributed by atoms with E-state index in [2.05, 4.69) is 18.8 Å². The highest BCUT2D eigenvalue weighted by Crippen LogP contribution is 2.27. The third-order valence-corrected chi connectivity index (χ3v) is 2.97. The van der Waals surface area contributed by atoms with Gasteiger partial charge in [0.1, 0.15) is 10.3 Å². The quantitative estimate of drug-likeness (QED) is 0.812. The van der Waals surface area contributed by atoms with Crippen LogP contribution < -0.4 is 5.73 Å². The van der Waals surface area contributed by atoms with E-state index in [1.54, 1.807) is 6.07 Å². The van der Waals surface area contributed by atoms with Crippen molar-refractivity contribution in [1.29, 1.82) is 0 Å². The van der Waals surface area contributed by atoms with Gasteiger partial charge in [0, 0.05) is 11.6 Å². The van der Waals surface area contributed by atoms with Gasteiger partial charge in [-0.05, 0) is 12.0 Å². The highest BCUT2D eigenvalue weighted by atomic mass is 35.5. The summed E-state index contributed by atoms with van der Waals surface area (Å²) in [5.74, 6) is 0.385. The molecule has 0 saturated carbocycles. The third-order valence-electron chi connectivity index (χ3n) is 2.46. The first-order chi connectivity index (χ1) is 6.56. The van der Waals surface area contributed by atoms with Crippen LogP contribution in [0.5, 0.6) is 0 Å². The Bertz CT molecular complexity index is 315. The van der Waals surface area contributed by atoms with Crippen LogP contribution in [0.15, 0.2) is 12.1 Å². The van der Waals surface area contributed by atoms with Crippen molar-refractivity contribution in [2.45, 2.75) is 26.3 Å². The summed E-state index contributed by atoms with van der Waals surface area (Å²) >= 11 is 11.6. The minimum Gasteiger partial charge on any atom is -0.324 e. The molecule has 2 N–H and O–H groups in total. The summed E-state index contributed by atoms with van der Waals surface area (Å²) in [6.45, 7) is 4.19. The SMILES string of the molecule is CCC(C)[C@@H](N)c1ccc(Cl)nc1Cl. The largest absolute Gasteiger partial charge is 0.324 e. The maximum absolute atomic E-state index is 6.03. The van der Waals surface area contributed by atoms with Crippen molar-refractivity contribution in [3.05, 3.63) is 28.0 Å². The summed E-state index contributed by atoms with van der Waals surface area (Å²) < 4.78 is 0. The molecule has 2 atom stereocenters. The zero-order valence-corrected chi connectivity index (χ0v) is 9.81. The highest BCUT2D eigenvalue weighted by Gasteiger charge is 2.16. The van der Waals surface area contributed by atoms with Crippen molar-refractivity contribution in [2.24, 2.45) is 11.7 Å². The van der Waals surface area contributed by atoms with E-state index in [9.17, 15) is 0 Å². The van der Waals surface area contributed by atoms with Gasteiger partial charge in [-0.15, -0.1) is 0 Å². The van der Waals surface area contributed by atoms with Crippen LogP contribution in [0.1, 0.15) is 31.9 Å². The maximum Gasteiger partial charge on any atom is 0.135 e. The molecule has 0 aliphatic rings. The van der Waals surface area contributed by atoms with Crippen molar-refractivity contribution >= 4 is 23.2 Å². The Kier molecular flexibility index (Phi) is 4.17. The van der Waals surface area contributed by atoms with E-state index in [1.807, 2.05) is 6.07 Å². The molecule has 0 aliphatic heterocycles. The van der Waals surface area contributed by atoms with Crippen LogP contribution in [-0.2, 0) is 0 Å². The molecule has 1 heterocycles.